The van der Waals surface area contributed by atoms with Gasteiger partial charge in [-0.3, -0.25) is 19.9 Å². The summed E-state index contributed by atoms with van der Waals surface area (Å²) in [7, 11) is 2.83. The zero-order valence-corrected chi connectivity index (χ0v) is 21.0. The van der Waals surface area contributed by atoms with E-state index in [4.69, 9.17) is 35.0 Å². The van der Waals surface area contributed by atoms with Gasteiger partial charge < -0.3 is 29.2 Å². The fourth-order valence-electron chi connectivity index (χ4n) is 2.88. The highest BCUT2D eigenvalue weighted by Gasteiger charge is 2.19. The summed E-state index contributed by atoms with van der Waals surface area (Å²) in [4.78, 5) is 24.3. The van der Waals surface area contributed by atoms with Crippen molar-refractivity contribution in [2.75, 3.05) is 32.7 Å². The number of ether oxygens (including phenoxy) is 4. The zero-order chi connectivity index (χ0) is 26.8. The number of rotatable bonds is 12. The largest absolute Gasteiger partial charge is 0.498 e. The van der Waals surface area contributed by atoms with Crippen molar-refractivity contribution < 1.29 is 33.0 Å². The number of nitrogens with two attached hydrogens (primary N) is 2. The van der Waals surface area contributed by atoms with Gasteiger partial charge >= 0.3 is 6.01 Å². The van der Waals surface area contributed by atoms with Crippen molar-refractivity contribution in [1.82, 2.24) is 15.2 Å². The molecule has 0 fully saturated rings. The minimum absolute atomic E-state index is 0.0571. The molecule has 196 valence electrons. The second-order valence-corrected chi connectivity index (χ2v) is 8.01. The summed E-state index contributed by atoms with van der Waals surface area (Å²) in [6.45, 7) is 1.65. The van der Waals surface area contributed by atoms with E-state index in [1.165, 1.54) is 37.7 Å². The van der Waals surface area contributed by atoms with E-state index >= 15 is 0 Å². The smallest absolute Gasteiger partial charge is 0.322 e. The number of amides is 1. The number of carbonyl (C=O) groups excluding carboxylic acids is 2. The Labute approximate surface area is 215 Å². The van der Waals surface area contributed by atoms with Crippen LogP contribution in [-0.2, 0) is 14.3 Å². The summed E-state index contributed by atoms with van der Waals surface area (Å²) in [6.07, 6.45) is 0. The fraction of sp³-hybridized carbons (Fsp3) is 0.227. The van der Waals surface area contributed by atoms with Crippen LogP contribution >= 0.6 is 11.3 Å². The van der Waals surface area contributed by atoms with Gasteiger partial charge in [-0.2, -0.15) is 5.10 Å². The van der Waals surface area contributed by atoms with Crippen LogP contribution in [0.5, 0.6) is 11.5 Å². The number of aromatic nitrogens is 2. The molecule has 37 heavy (non-hydrogen) atoms. The molecular weight excluding hydrogens is 506 g/mol. The average molecular weight is 532 g/mol. The molecule has 0 saturated carbocycles. The van der Waals surface area contributed by atoms with Crippen LogP contribution in [-0.4, -0.2) is 60.8 Å². The van der Waals surface area contributed by atoms with E-state index in [-0.39, 0.29) is 48.5 Å². The molecule has 3 rings (SSSR count). The fourth-order valence-corrected chi connectivity index (χ4v) is 3.52. The number of nitrogens with zero attached hydrogens (tertiary/aromatic N) is 4. The van der Waals surface area contributed by atoms with E-state index in [9.17, 15) is 9.59 Å². The number of hydrazone groups is 1. The zero-order valence-electron chi connectivity index (χ0n) is 20.2. The molecule has 0 aliphatic carbocycles. The van der Waals surface area contributed by atoms with Gasteiger partial charge in [0.1, 0.15) is 23.9 Å². The first-order valence-electron chi connectivity index (χ1n) is 10.5. The van der Waals surface area contributed by atoms with Gasteiger partial charge in [-0.25, -0.2) is 5.84 Å². The Hall–Kier alpha value is -4.63. The molecule has 0 unspecified atom stereocenters. The SMILES string of the molecule is CO/C(C)=C(/CN(N)/C(COc1ccc(C(=O)Nc2nnc(-c3cccs3)o2)c(OC)c1)=N\N)OC=O. The summed E-state index contributed by atoms with van der Waals surface area (Å²) in [6, 6.07) is 8.17. The molecule has 1 aromatic carbocycles. The maximum atomic E-state index is 12.8. The highest BCUT2D eigenvalue weighted by Crippen LogP contribution is 2.27. The molecule has 0 atom stereocenters. The first-order chi connectivity index (χ1) is 17.9. The number of amidine groups is 1. The molecule has 14 nitrogen and oxygen atoms in total. The summed E-state index contributed by atoms with van der Waals surface area (Å²) >= 11 is 1.43. The van der Waals surface area contributed by atoms with Crippen LogP contribution in [0.4, 0.5) is 6.01 Å². The van der Waals surface area contributed by atoms with Gasteiger partial charge in [0, 0.05) is 6.07 Å². The molecule has 15 heteroatoms. The molecule has 0 radical (unpaired) electrons. The maximum Gasteiger partial charge on any atom is 0.322 e. The first kappa shape index (κ1) is 27.0. The highest BCUT2D eigenvalue weighted by molar-refractivity contribution is 7.13. The van der Waals surface area contributed by atoms with Crippen LogP contribution in [0.15, 0.2) is 56.7 Å². The van der Waals surface area contributed by atoms with Gasteiger partial charge in [-0.1, -0.05) is 11.2 Å². The Morgan fingerprint density at radius 1 is 1.30 bits per heavy atom. The van der Waals surface area contributed by atoms with Gasteiger partial charge in [-0.05, 0) is 30.5 Å². The third-order valence-electron chi connectivity index (χ3n) is 4.85. The van der Waals surface area contributed by atoms with Crippen molar-refractivity contribution in [3.63, 3.8) is 0 Å². The molecular formula is C22H25N7O7S. The van der Waals surface area contributed by atoms with Crippen LogP contribution in [0.25, 0.3) is 10.8 Å². The molecule has 0 spiro atoms. The van der Waals surface area contributed by atoms with E-state index in [1.54, 1.807) is 13.0 Å². The number of hydrogen-bond donors (Lipinski definition) is 3. The van der Waals surface area contributed by atoms with Crippen LogP contribution in [0.2, 0.25) is 0 Å². The monoisotopic (exact) mass is 531 g/mol. The average Bonchev–Trinajstić information content (AvgIpc) is 3.60. The lowest BCUT2D eigenvalue weighted by Crippen LogP contribution is -2.43. The van der Waals surface area contributed by atoms with Crippen molar-refractivity contribution in [1.29, 1.82) is 0 Å². The van der Waals surface area contributed by atoms with Crippen LogP contribution in [0.1, 0.15) is 17.3 Å². The number of thiophene rings is 1. The van der Waals surface area contributed by atoms with Crippen LogP contribution in [0, 0.1) is 0 Å². The lowest BCUT2D eigenvalue weighted by atomic mass is 10.2. The first-order valence-corrected chi connectivity index (χ1v) is 11.4. The van der Waals surface area contributed by atoms with Crippen molar-refractivity contribution >= 4 is 35.6 Å². The van der Waals surface area contributed by atoms with E-state index in [2.05, 4.69) is 20.6 Å². The normalized spacial score (nSPS) is 11.8. The Morgan fingerprint density at radius 3 is 2.76 bits per heavy atom. The van der Waals surface area contributed by atoms with Gasteiger partial charge in [0.2, 0.25) is 0 Å². The summed E-state index contributed by atoms with van der Waals surface area (Å²) in [5, 5.41) is 16.9. The predicted octanol–water partition coefficient (Wildman–Crippen LogP) is 1.94. The minimum atomic E-state index is -0.523. The van der Waals surface area contributed by atoms with Crippen LogP contribution < -0.4 is 26.5 Å². The number of nitrogens with one attached hydrogen (secondary N) is 1. The third kappa shape index (κ3) is 6.96. The molecule has 5 N–H and O–H groups in total. The maximum absolute atomic E-state index is 12.8. The lowest BCUT2D eigenvalue weighted by molar-refractivity contribution is -0.125. The molecule has 1 amide bonds. The topological polar surface area (TPSA) is 190 Å². The second-order valence-electron chi connectivity index (χ2n) is 7.07. The molecule has 3 aromatic rings. The summed E-state index contributed by atoms with van der Waals surface area (Å²) in [5.74, 6) is 12.4. The molecule has 0 saturated heterocycles. The quantitative estimate of drug-likeness (QED) is 0.0770. The summed E-state index contributed by atoms with van der Waals surface area (Å²) in [5.41, 5.74) is 0.203. The minimum Gasteiger partial charge on any atom is -0.498 e. The van der Waals surface area contributed by atoms with Gasteiger partial charge in [-0.15, -0.1) is 16.4 Å². The number of benzene rings is 1. The number of anilines is 1. The Kier molecular flexibility index (Phi) is 9.40. The van der Waals surface area contributed by atoms with Crippen molar-refractivity contribution in [3.8, 4) is 22.3 Å². The van der Waals surface area contributed by atoms with E-state index in [1.807, 2.05) is 17.5 Å². The molecule has 0 bridgehead atoms. The second kappa shape index (κ2) is 12.9. The lowest BCUT2D eigenvalue weighted by Gasteiger charge is -2.21. The number of allylic oxidation sites excluding steroid dienone is 1. The van der Waals surface area contributed by atoms with Crippen molar-refractivity contribution in [2.24, 2.45) is 16.8 Å². The van der Waals surface area contributed by atoms with Crippen molar-refractivity contribution in [2.45, 2.75) is 6.92 Å². The standard InChI is InChI=1S/C22H25N7O7S/c1-13(32-2)17(35-12-30)10-29(24)19(26-23)11-34-14-6-7-15(16(9-14)33-3)20(31)25-22-28-27-21(36-22)18-5-4-8-37-18/h4-9,12H,10-11,23-24H2,1-3H3,(H,25,28,31)/b17-13-,26-19-. The van der Waals surface area contributed by atoms with E-state index in [0.29, 0.717) is 17.4 Å². The number of carbonyl (C=O) groups is 2. The van der Waals surface area contributed by atoms with E-state index in [0.717, 1.165) is 9.89 Å². The Bertz CT molecular complexity index is 1270. The highest BCUT2D eigenvalue weighted by atomic mass is 32.1. The number of methoxy groups -OCH3 is 2. The van der Waals surface area contributed by atoms with Gasteiger partial charge in [0.05, 0.1) is 31.2 Å². The molecule has 0 aliphatic heterocycles. The van der Waals surface area contributed by atoms with Gasteiger partial charge in [0.15, 0.2) is 11.6 Å². The Balaban J connectivity index is 1.65. The van der Waals surface area contributed by atoms with Crippen LogP contribution in [0.3, 0.4) is 0 Å². The van der Waals surface area contributed by atoms with Crippen molar-refractivity contribution in [3.05, 3.63) is 52.8 Å². The van der Waals surface area contributed by atoms with Gasteiger partial charge in [0.25, 0.3) is 18.3 Å². The number of hydrazine groups is 1. The third-order valence-corrected chi connectivity index (χ3v) is 5.70. The Morgan fingerprint density at radius 2 is 2.11 bits per heavy atom. The molecule has 2 aromatic heterocycles. The number of hydrogen-bond acceptors (Lipinski definition) is 13. The van der Waals surface area contributed by atoms with E-state index < -0.39 is 5.91 Å². The predicted molar refractivity (Wildman–Crippen MR) is 133 cm³/mol. The molecule has 0 aliphatic rings. The summed E-state index contributed by atoms with van der Waals surface area (Å²) < 4.78 is 26.5. The molecule has 2 heterocycles.